The van der Waals surface area contributed by atoms with E-state index >= 15 is 0 Å². The van der Waals surface area contributed by atoms with Crippen LogP contribution in [0.4, 0.5) is 5.82 Å². The lowest BCUT2D eigenvalue weighted by atomic mass is 10.2. The lowest BCUT2D eigenvalue weighted by molar-refractivity contribution is 0.281. The molecular weight excluding hydrogens is 144 g/mol. The summed E-state index contributed by atoms with van der Waals surface area (Å²) in [5.74, 6) is 5.88. The average molecular weight is 156 g/mol. The third kappa shape index (κ3) is 1.20. The number of hydrogen-bond acceptors (Lipinski definition) is 4. The number of rotatable bonds is 2. The van der Waals surface area contributed by atoms with Crippen LogP contribution < -0.4 is 11.3 Å². The summed E-state index contributed by atoms with van der Waals surface area (Å²) in [4.78, 5) is 0. The van der Waals surface area contributed by atoms with Crippen LogP contribution in [0.2, 0.25) is 0 Å². The molecule has 1 aromatic rings. The first-order chi connectivity index (χ1) is 5.20. The fourth-order valence-corrected chi connectivity index (χ4v) is 1.07. The second-order valence-corrected chi connectivity index (χ2v) is 2.34. The molecule has 0 aromatic carbocycles. The maximum atomic E-state index is 8.89. The van der Waals surface area contributed by atoms with E-state index in [2.05, 4.69) is 10.5 Å². The second-order valence-electron chi connectivity index (χ2n) is 2.34. The van der Waals surface area contributed by atoms with Gasteiger partial charge in [0.25, 0.3) is 0 Å². The molecule has 0 aliphatic heterocycles. The van der Waals surface area contributed by atoms with Crippen molar-refractivity contribution in [3.05, 3.63) is 11.3 Å². The highest BCUT2D eigenvalue weighted by atomic mass is 16.3. The Bertz CT molecular complexity index is 231. The van der Waals surface area contributed by atoms with Gasteiger partial charge in [-0.15, -0.1) is 0 Å². The van der Waals surface area contributed by atoms with Crippen molar-refractivity contribution in [2.75, 3.05) is 5.43 Å². The van der Waals surface area contributed by atoms with Gasteiger partial charge in [0.05, 0.1) is 12.3 Å². The van der Waals surface area contributed by atoms with Crippen LogP contribution in [0.1, 0.15) is 11.3 Å². The molecule has 0 saturated heterocycles. The fraction of sp³-hybridized carbons (Fsp3) is 0.500. The van der Waals surface area contributed by atoms with Gasteiger partial charge in [-0.2, -0.15) is 5.10 Å². The third-order valence-electron chi connectivity index (χ3n) is 1.64. The fourth-order valence-electron chi connectivity index (χ4n) is 1.07. The highest BCUT2D eigenvalue weighted by Gasteiger charge is 2.09. The third-order valence-corrected chi connectivity index (χ3v) is 1.64. The molecule has 1 aromatic heterocycles. The molecule has 0 spiro atoms. The zero-order valence-corrected chi connectivity index (χ0v) is 6.63. The predicted octanol–water partition coefficient (Wildman–Crippen LogP) is -0.494. The van der Waals surface area contributed by atoms with E-state index in [0.29, 0.717) is 5.82 Å². The van der Waals surface area contributed by atoms with Gasteiger partial charge in [0.2, 0.25) is 0 Å². The summed E-state index contributed by atoms with van der Waals surface area (Å²) in [7, 11) is 1.77. The maximum absolute atomic E-state index is 8.89. The number of nitrogens with two attached hydrogens (primary N) is 1. The summed E-state index contributed by atoms with van der Waals surface area (Å²) in [5, 5.41) is 13.0. The van der Waals surface area contributed by atoms with Crippen LogP contribution in [0.5, 0.6) is 0 Å². The van der Waals surface area contributed by atoms with Crippen LogP contribution >= 0.6 is 0 Å². The van der Waals surface area contributed by atoms with Gasteiger partial charge in [-0.3, -0.25) is 4.68 Å². The van der Waals surface area contributed by atoms with E-state index in [1.165, 1.54) is 0 Å². The minimum absolute atomic E-state index is 0.0425. The summed E-state index contributed by atoms with van der Waals surface area (Å²) in [5.41, 5.74) is 4.02. The largest absolute Gasteiger partial charge is 0.391 e. The number of aromatic nitrogens is 2. The van der Waals surface area contributed by atoms with Crippen molar-refractivity contribution < 1.29 is 5.11 Å². The molecule has 0 saturated carbocycles. The number of nitrogens with one attached hydrogen (secondary N) is 1. The van der Waals surface area contributed by atoms with Crippen molar-refractivity contribution in [3.8, 4) is 0 Å². The van der Waals surface area contributed by atoms with E-state index in [0.717, 1.165) is 11.3 Å². The number of aryl methyl sites for hydroxylation is 2. The van der Waals surface area contributed by atoms with Crippen LogP contribution in [0.3, 0.4) is 0 Å². The van der Waals surface area contributed by atoms with Crippen molar-refractivity contribution in [1.82, 2.24) is 9.78 Å². The summed E-state index contributed by atoms with van der Waals surface area (Å²) in [6, 6.07) is 0. The predicted molar refractivity (Wildman–Crippen MR) is 41.7 cm³/mol. The molecule has 11 heavy (non-hydrogen) atoms. The number of anilines is 1. The quantitative estimate of drug-likeness (QED) is 0.399. The van der Waals surface area contributed by atoms with Gasteiger partial charge in [-0.05, 0) is 6.92 Å². The highest BCUT2D eigenvalue weighted by Crippen LogP contribution is 2.16. The summed E-state index contributed by atoms with van der Waals surface area (Å²) >= 11 is 0. The first kappa shape index (κ1) is 8.03. The lowest BCUT2D eigenvalue weighted by Gasteiger charge is -2.01. The molecule has 4 N–H and O–H groups in total. The molecule has 0 amide bonds. The van der Waals surface area contributed by atoms with Gasteiger partial charge in [-0.1, -0.05) is 0 Å². The number of aliphatic hydroxyl groups excluding tert-OH is 1. The van der Waals surface area contributed by atoms with E-state index in [1.807, 2.05) is 6.92 Å². The molecule has 5 nitrogen and oxygen atoms in total. The summed E-state index contributed by atoms with van der Waals surface area (Å²) in [6.45, 7) is 1.78. The molecule has 62 valence electrons. The van der Waals surface area contributed by atoms with Crippen molar-refractivity contribution in [2.45, 2.75) is 13.5 Å². The minimum Gasteiger partial charge on any atom is -0.391 e. The number of nitrogens with zero attached hydrogens (tertiary/aromatic N) is 2. The number of aliphatic hydroxyl groups is 1. The summed E-state index contributed by atoms with van der Waals surface area (Å²) < 4.78 is 1.60. The topological polar surface area (TPSA) is 76.1 Å². The molecule has 0 bridgehead atoms. The van der Waals surface area contributed by atoms with Gasteiger partial charge in [-0.25, -0.2) is 5.84 Å². The number of hydrazine groups is 1. The first-order valence-corrected chi connectivity index (χ1v) is 3.30. The Labute approximate surface area is 64.8 Å². The molecule has 0 radical (unpaired) electrons. The Morgan fingerprint density at radius 3 is 2.73 bits per heavy atom. The molecule has 0 atom stereocenters. The van der Waals surface area contributed by atoms with E-state index < -0.39 is 0 Å². The smallest absolute Gasteiger partial charge is 0.143 e. The Balaban J connectivity index is 3.17. The van der Waals surface area contributed by atoms with E-state index in [4.69, 9.17) is 10.9 Å². The van der Waals surface area contributed by atoms with Crippen LogP contribution in [0.15, 0.2) is 0 Å². The monoisotopic (exact) mass is 156 g/mol. The van der Waals surface area contributed by atoms with Crippen LogP contribution in [0.25, 0.3) is 0 Å². The molecule has 0 aliphatic rings. The summed E-state index contributed by atoms with van der Waals surface area (Å²) in [6.07, 6.45) is 0. The van der Waals surface area contributed by atoms with Crippen LogP contribution in [-0.4, -0.2) is 14.9 Å². The van der Waals surface area contributed by atoms with Crippen molar-refractivity contribution >= 4 is 5.82 Å². The zero-order valence-electron chi connectivity index (χ0n) is 6.63. The Kier molecular flexibility index (Phi) is 2.11. The van der Waals surface area contributed by atoms with Gasteiger partial charge >= 0.3 is 0 Å². The van der Waals surface area contributed by atoms with E-state index in [-0.39, 0.29) is 6.61 Å². The Morgan fingerprint density at radius 1 is 1.73 bits per heavy atom. The van der Waals surface area contributed by atoms with E-state index in [1.54, 1.807) is 11.7 Å². The number of hydrogen-bond donors (Lipinski definition) is 3. The van der Waals surface area contributed by atoms with Gasteiger partial charge in [0.1, 0.15) is 5.82 Å². The zero-order chi connectivity index (χ0) is 8.43. The molecule has 1 rings (SSSR count). The second kappa shape index (κ2) is 2.89. The SMILES string of the molecule is Cc1nn(C)c(NN)c1CO. The molecule has 1 heterocycles. The highest BCUT2D eigenvalue weighted by molar-refractivity contribution is 5.45. The molecule has 0 aliphatic carbocycles. The van der Waals surface area contributed by atoms with Gasteiger partial charge < -0.3 is 10.5 Å². The molecule has 5 heteroatoms. The number of nitrogen functional groups attached to an aromatic ring is 1. The maximum Gasteiger partial charge on any atom is 0.143 e. The van der Waals surface area contributed by atoms with E-state index in [9.17, 15) is 0 Å². The average Bonchev–Trinajstić information content (AvgIpc) is 2.24. The van der Waals surface area contributed by atoms with Gasteiger partial charge in [0.15, 0.2) is 0 Å². The minimum atomic E-state index is -0.0425. The van der Waals surface area contributed by atoms with Gasteiger partial charge in [0, 0.05) is 12.6 Å². The Hall–Kier alpha value is -1.07. The Morgan fingerprint density at radius 2 is 2.36 bits per heavy atom. The van der Waals surface area contributed by atoms with Crippen LogP contribution in [-0.2, 0) is 13.7 Å². The molecule has 0 unspecified atom stereocenters. The van der Waals surface area contributed by atoms with Crippen molar-refractivity contribution in [1.29, 1.82) is 0 Å². The molecular formula is C6H12N4O. The van der Waals surface area contributed by atoms with Crippen molar-refractivity contribution in [3.63, 3.8) is 0 Å². The van der Waals surface area contributed by atoms with Crippen LogP contribution in [0, 0.1) is 6.92 Å². The first-order valence-electron chi connectivity index (χ1n) is 3.30. The van der Waals surface area contributed by atoms with Crippen molar-refractivity contribution in [2.24, 2.45) is 12.9 Å². The lowest BCUT2D eigenvalue weighted by Crippen LogP contribution is -2.12. The normalized spacial score (nSPS) is 10.2. The standard InChI is InChI=1S/C6H12N4O/c1-4-5(3-11)6(8-7)10(2)9-4/h8,11H,3,7H2,1-2H3. The molecule has 0 fully saturated rings.